The highest BCUT2D eigenvalue weighted by Gasteiger charge is 2.26. The summed E-state index contributed by atoms with van der Waals surface area (Å²) in [5.41, 5.74) is 3.73. The number of halogens is 1. The van der Waals surface area contributed by atoms with Crippen molar-refractivity contribution in [2.24, 2.45) is 0 Å². The monoisotopic (exact) mass is 397 g/mol. The first-order chi connectivity index (χ1) is 13.2. The topological polar surface area (TPSA) is 57.0 Å². The predicted octanol–water partition coefficient (Wildman–Crippen LogP) is 5.42. The number of esters is 1. The summed E-state index contributed by atoms with van der Waals surface area (Å²) in [6, 6.07) is 9.35. The van der Waals surface area contributed by atoms with Crippen molar-refractivity contribution in [3.8, 4) is 11.4 Å². The van der Waals surface area contributed by atoms with Gasteiger partial charge in [0.1, 0.15) is 16.7 Å². The fraction of sp³-hybridized carbons (Fsp3) is 0.318. The lowest BCUT2D eigenvalue weighted by Crippen LogP contribution is -2.19. The molecule has 0 bridgehead atoms. The van der Waals surface area contributed by atoms with Crippen LogP contribution in [0.25, 0.3) is 16.7 Å². The second-order valence-corrected chi connectivity index (χ2v) is 8.12. The molecule has 0 saturated heterocycles. The molecule has 0 aliphatic carbocycles. The van der Waals surface area contributed by atoms with Gasteiger partial charge in [-0.25, -0.2) is 0 Å². The van der Waals surface area contributed by atoms with E-state index in [1.807, 2.05) is 18.2 Å². The van der Waals surface area contributed by atoms with Crippen LogP contribution in [0.3, 0.4) is 0 Å². The Balaban J connectivity index is 2.29. The quantitative estimate of drug-likeness (QED) is 0.328. The summed E-state index contributed by atoms with van der Waals surface area (Å²) in [5.74, 6) is 0.182. The Hall–Kier alpha value is -2.66. The fourth-order valence-corrected chi connectivity index (χ4v) is 3.12. The summed E-state index contributed by atoms with van der Waals surface area (Å²) in [6.45, 7) is 11.9. The zero-order valence-corrected chi connectivity index (χ0v) is 17.4. The maximum atomic E-state index is 12.2. The van der Waals surface area contributed by atoms with Gasteiger partial charge in [-0.1, -0.05) is 51.4 Å². The number of rotatable bonds is 5. The number of ether oxygens (including phenoxy) is 1. The number of hydrogen-bond acceptors (Lipinski definition) is 4. The zero-order valence-electron chi connectivity index (χ0n) is 16.6. The molecule has 6 heteroatoms. The van der Waals surface area contributed by atoms with Gasteiger partial charge in [-0.05, 0) is 41.7 Å². The van der Waals surface area contributed by atoms with Crippen LogP contribution >= 0.6 is 11.6 Å². The third kappa shape index (κ3) is 4.09. The predicted molar refractivity (Wildman–Crippen MR) is 112 cm³/mol. The highest BCUT2D eigenvalue weighted by Crippen LogP contribution is 2.38. The molecule has 0 aliphatic heterocycles. The minimum atomic E-state index is -0.303. The van der Waals surface area contributed by atoms with E-state index in [1.165, 1.54) is 4.80 Å². The van der Waals surface area contributed by atoms with Gasteiger partial charge in [0.25, 0.3) is 0 Å². The highest BCUT2D eigenvalue weighted by atomic mass is 35.5. The molecule has 3 aromatic rings. The summed E-state index contributed by atoms with van der Waals surface area (Å²) in [7, 11) is 0. The Morgan fingerprint density at radius 1 is 1.21 bits per heavy atom. The van der Waals surface area contributed by atoms with E-state index in [0.717, 1.165) is 11.1 Å². The number of hydrogen-bond donors (Lipinski definition) is 0. The van der Waals surface area contributed by atoms with Gasteiger partial charge in [-0.3, -0.25) is 4.79 Å². The van der Waals surface area contributed by atoms with Crippen LogP contribution in [0, 0.1) is 0 Å². The zero-order chi connectivity index (χ0) is 20.5. The van der Waals surface area contributed by atoms with Crippen molar-refractivity contribution in [1.29, 1.82) is 0 Å². The van der Waals surface area contributed by atoms with Gasteiger partial charge in [0.2, 0.25) is 0 Å². The van der Waals surface area contributed by atoms with Crippen LogP contribution in [0.15, 0.2) is 43.0 Å². The molecule has 28 heavy (non-hydrogen) atoms. The van der Waals surface area contributed by atoms with Crippen molar-refractivity contribution in [2.75, 3.05) is 0 Å². The summed E-state index contributed by atoms with van der Waals surface area (Å²) in [4.78, 5) is 13.7. The molecule has 1 aromatic heterocycles. The second kappa shape index (κ2) is 7.76. The van der Waals surface area contributed by atoms with E-state index < -0.39 is 0 Å². The number of allylic oxidation sites excluding steroid dienone is 1. The van der Waals surface area contributed by atoms with Crippen molar-refractivity contribution in [3.63, 3.8) is 0 Å². The summed E-state index contributed by atoms with van der Waals surface area (Å²) < 4.78 is 5.77. The molecule has 0 amide bonds. The van der Waals surface area contributed by atoms with Crippen LogP contribution in [0.5, 0.6) is 5.75 Å². The molecule has 0 spiro atoms. The number of fused-ring (bicyclic) bond motifs is 1. The standard InChI is InChI=1S/C22H24ClN3O2/c1-6-8-14-11-16(22(3,4)5)21(28-20(27)7-2)19(12-14)26-24-17-10-9-15(23)13-18(17)25-26/h6,9-13H,1,7-8H2,2-5H3. The van der Waals surface area contributed by atoms with E-state index in [4.69, 9.17) is 16.3 Å². The molecule has 0 aliphatic rings. The van der Waals surface area contributed by atoms with Crippen LogP contribution < -0.4 is 4.74 Å². The molecule has 0 N–H and O–H groups in total. The second-order valence-electron chi connectivity index (χ2n) is 7.68. The Kier molecular flexibility index (Phi) is 5.57. The van der Waals surface area contributed by atoms with Crippen molar-refractivity contribution < 1.29 is 9.53 Å². The molecule has 0 unspecified atom stereocenters. The Labute approximate surface area is 170 Å². The normalized spacial score (nSPS) is 11.6. The maximum Gasteiger partial charge on any atom is 0.310 e. The SMILES string of the molecule is C=CCc1cc(-n2nc3ccc(Cl)cc3n2)c(OC(=O)CC)c(C(C)(C)C)c1. The molecule has 2 aromatic carbocycles. The van der Waals surface area contributed by atoms with E-state index in [9.17, 15) is 4.79 Å². The minimum absolute atomic E-state index is 0.245. The largest absolute Gasteiger partial charge is 0.424 e. The Morgan fingerprint density at radius 3 is 2.57 bits per heavy atom. The summed E-state index contributed by atoms with van der Waals surface area (Å²) in [6.07, 6.45) is 2.81. The first kappa shape index (κ1) is 20.1. The average molecular weight is 398 g/mol. The van der Waals surface area contributed by atoms with Gasteiger partial charge >= 0.3 is 5.97 Å². The van der Waals surface area contributed by atoms with E-state index in [0.29, 0.717) is 33.9 Å². The number of carbonyl (C=O) groups is 1. The van der Waals surface area contributed by atoms with E-state index in [1.54, 1.807) is 19.1 Å². The van der Waals surface area contributed by atoms with Crippen molar-refractivity contribution in [2.45, 2.75) is 46.0 Å². The van der Waals surface area contributed by atoms with Gasteiger partial charge in [-0.15, -0.1) is 21.6 Å². The van der Waals surface area contributed by atoms with Crippen LogP contribution in [-0.2, 0) is 16.6 Å². The molecule has 0 saturated carbocycles. The van der Waals surface area contributed by atoms with E-state index in [2.05, 4.69) is 43.6 Å². The van der Waals surface area contributed by atoms with Gasteiger partial charge < -0.3 is 4.74 Å². The number of benzene rings is 2. The van der Waals surface area contributed by atoms with Crippen molar-refractivity contribution in [1.82, 2.24) is 15.0 Å². The molecule has 1 heterocycles. The molecule has 5 nitrogen and oxygen atoms in total. The molecule has 0 radical (unpaired) electrons. The van der Waals surface area contributed by atoms with E-state index in [-0.39, 0.29) is 17.8 Å². The fourth-order valence-electron chi connectivity index (χ4n) is 2.95. The summed E-state index contributed by atoms with van der Waals surface area (Å²) >= 11 is 6.09. The van der Waals surface area contributed by atoms with Crippen LogP contribution in [0.1, 0.15) is 45.2 Å². The lowest BCUT2D eigenvalue weighted by atomic mass is 9.84. The molecule has 0 fully saturated rings. The molecular formula is C22H24ClN3O2. The lowest BCUT2D eigenvalue weighted by molar-refractivity contribution is -0.134. The van der Waals surface area contributed by atoms with Crippen molar-refractivity contribution in [3.05, 3.63) is 59.1 Å². The maximum absolute atomic E-state index is 12.2. The third-order valence-electron chi connectivity index (χ3n) is 4.38. The van der Waals surface area contributed by atoms with Gasteiger partial charge in [0, 0.05) is 17.0 Å². The Bertz CT molecular complexity index is 1050. The molecule has 0 atom stereocenters. The number of carbonyl (C=O) groups excluding carboxylic acids is 1. The minimum Gasteiger partial charge on any atom is -0.424 e. The Morgan fingerprint density at radius 2 is 1.93 bits per heavy atom. The van der Waals surface area contributed by atoms with Crippen LogP contribution in [-0.4, -0.2) is 21.0 Å². The van der Waals surface area contributed by atoms with Gasteiger partial charge in [0.05, 0.1) is 0 Å². The average Bonchev–Trinajstić information content (AvgIpc) is 3.04. The molecular weight excluding hydrogens is 374 g/mol. The molecule has 3 rings (SSSR count). The highest BCUT2D eigenvalue weighted by molar-refractivity contribution is 6.31. The summed E-state index contributed by atoms with van der Waals surface area (Å²) in [5, 5.41) is 9.73. The van der Waals surface area contributed by atoms with Gasteiger partial charge in [-0.2, -0.15) is 0 Å². The number of nitrogens with zero attached hydrogens (tertiary/aromatic N) is 3. The third-order valence-corrected chi connectivity index (χ3v) is 4.61. The van der Waals surface area contributed by atoms with Crippen LogP contribution in [0.4, 0.5) is 0 Å². The first-order valence-corrected chi connectivity index (χ1v) is 9.62. The van der Waals surface area contributed by atoms with Crippen molar-refractivity contribution >= 4 is 28.6 Å². The van der Waals surface area contributed by atoms with Gasteiger partial charge in [0.15, 0.2) is 5.75 Å². The first-order valence-electron chi connectivity index (χ1n) is 9.25. The lowest BCUT2D eigenvalue weighted by Gasteiger charge is -2.25. The molecule has 146 valence electrons. The van der Waals surface area contributed by atoms with E-state index >= 15 is 0 Å². The smallest absolute Gasteiger partial charge is 0.310 e. The van der Waals surface area contributed by atoms with Crippen LogP contribution in [0.2, 0.25) is 5.02 Å². The number of aromatic nitrogens is 3.